The highest BCUT2D eigenvalue weighted by Crippen LogP contribution is 2.26. The van der Waals surface area contributed by atoms with Crippen LogP contribution < -0.4 is 20.1 Å². The molecular formula is C21H26ClN3O5S. The van der Waals surface area contributed by atoms with Gasteiger partial charge in [0.1, 0.15) is 10.6 Å². The zero-order valence-electron chi connectivity index (χ0n) is 17.6. The molecule has 0 aliphatic rings. The van der Waals surface area contributed by atoms with Crippen molar-refractivity contribution < 1.29 is 22.7 Å². The van der Waals surface area contributed by atoms with Crippen molar-refractivity contribution >= 4 is 33.6 Å². The fourth-order valence-corrected chi connectivity index (χ4v) is 4.27. The minimum absolute atomic E-state index is 0.112. The van der Waals surface area contributed by atoms with Gasteiger partial charge >= 0.3 is 6.03 Å². The average molecular weight is 468 g/mol. The highest BCUT2D eigenvalue weighted by molar-refractivity contribution is 7.90. The van der Waals surface area contributed by atoms with E-state index >= 15 is 0 Å². The second-order valence-corrected chi connectivity index (χ2v) is 8.88. The van der Waals surface area contributed by atoms with E-state index < -0.39 is 32.9 Å². The Labute approximate surface area is 187 Å². The number of methoxy groups -OCH3 is 1. The number of ether oxygens (including phenoxy) is 1. The van der Waals surface area contributed by atoms with E-state index in [1.807, 2.05) is 11.6 Å². The smallest absolute Gasteiger partial charge is 0.328 e. The standard InChI is InChI=1S/C21H26ClN3O5S/c1-4-5-12-23-21(27)25-31(28,29)19-13-15(22)10-11-17(19)20(26)24-14(2)16-8-6-7-9-18(16)30-3/h6-11,13-14H,4-5,12H2,1-3H3,(H,24,26)(H2,23,25,27)/t14-/m0/s1. The van der Waals surface area contributed by atoms with Crippen molar-refractivity contribution in [3.05, 3.63) is 58.6 Å². The summed E-state index contributed by atoms with van der Waals surface area (Å²) in [6.45, 7) is 4.02. The van der Waals surface area contributed by atoms with Gasteiger partial charge in [0.2, 0.25) is 0 Å². The molecule has 0 aromatic heterocycles. The number of hydrogen-bond donors (Lipinski definition) is 3. The van der Waals surface area contributed by atoms with E-state index in [1.54, 1.807) is 31.2 Å². The van der Waals surface area contributed by atoms with Crippen LogP contribution in [0.5, 0.6) is 5.75 Å². The number of hydrogen-bond acceptors (Lipinski definition) is 5. The minimum Gasteiger partial charge on any atom is -0.496 e. The Morgan fingerprint density at radius 1 is 1.16 bits per heavy atom. The average Bonchev–Trinajstić information content (AvgIpc) is 2.73. The summed E-state index contributed by atoms with van der Waals surface area (Å²) in [4.78, 5) is 24.5. The van der Waals surface area contributed by atoms with E-state index in [4.69, 9.17) is 16.3 Å². The topological polar surface area (TPSA) is 114 Å². The van der Waals surface area contributed by atoms with Crippen molar-refractivity contribution in [3.63, 3.8) is 0 Å². The van der Waals surface area contributed by atoms with Crippen LogP contribution >= 0.6 is 11.6 Å². The molecule has 0 radical (unpaired) electrons. The Morgan fingerprint density at radius 3 is 2.55 bits per heavy atom. The summed E-state index contributed by atoms with van der Waals surface area (Å²) in [6, 6.07) is 9.66. The predicted octanol–water partition coefficient (Wildman–Crippen LogP) is 3.63. The quantitative estimate of drug-likeness (QED) is 0.487. The van der Waals surface area contributed by atoms with E-state index in [9.17, 15) is 18.0 Å². The lowest BCUT2D eigenvalue weighted by molar-refractivity contribution is 0.0936. The third-order valence-corrected chi connectivity index (χ3v) is 6.08. The number of para-hydroxylation sites is 1. The molecule has 3 N–H and O–H groups in total. The molecule has 31 heavy (non-hydrogen) atoms. The van der Waals surface area contributed by atoms with Crippen LogP contribution in [0.1, 0.15) is 48.7 Å². The Bertz CT molecular complexity index is 1040. The summed E-state index contributed by atoms with van der Waals surface area (Å²) >= 11 is 5.97. The summed E-state index contributed by atoms with van der Waals surface area (Å²) in [7, 11) is -2.82. The van der Waals surface area contributed by atoms with Gasteiger partial charge in [0.25, 0.3) is 15.9 Å². The van der Waals surface area contributed by atoms with Crippen molar-refractivity contribution in [2.24, 2.45) is 0 Å². The largest absolute Gasteiger partial charge is 0.496 e. The van der Waals surface area contributed by atoms with Gasteiger partial charge in [0.15, 0.2) is 0 Å². The van der Waals surface area contributed by atoms with Crippen LogP contribution in [0.15, 0.2) is 47.4 Å². The number of rotatable bonds is 9. The van der Waals surface area contributed by atoms with Crippen molar-refractivity contribution in [1.29, 1.82) is 0 Å². The normalized spacial score (nSPS) is 12.0. The molecule has 0 bridgehead atoms. The van der Waals surface area contributed by atoms with Gasteiger partial charge in [-0.3, -0.25) is 4.79 Å². The number of amides is 3. The lowest BCUT2D eigenvalue weighted by Crippen LogP contribution is -2.40. The molecule has 0 fully saturated rings. The van der Waals surface area contributed by atoms with Gasteiger partial charge < -0.3 is 15.4 Å². The predicted molar refractivity (Wildman–Crippen MR) is 119 cm³/mol. The molecule has 3 amide bonds. The van der Waals surface area contributed by atoms with Crippen LogP contribution in [0.4, 0.5) is 4.79 Å². The minimum atomic E-state index is -4.34. The molecule has 8 nitrogen and oxygen atoms in total. The van der Waals surface area contributed by atoms with Gasteiger partial charge in [-0.1, -0.05) is 43.1 Å². The Morgan fingerprint density at radius 2 is 1.87 bits per heavy atom. The van der Waals surface area contributed by atoms with Crippen molar-refractivity contribution in [2.75, 3.05) is 13.7 Å². The second kappa shape index (κ2) is 11.0. The fourth-order valence-electron chi connectivity index (χ4n) is 2.87. The van der Waals surface area contributed by atoms with Crippen molar-refractivity contribution in [1.82, 2.24) is 15.4 Å². The molecule has 10 heteroatoms. The summed E-state index contributed by atoms with van der Waals surface area (Å²) < 4.78 is 32.8. The van der Waals surface area contributed by atoms with Gasteiger partial charge in [-0.25, -0.2) is 17.9 Å². The molecule has 2 rings (SSSR count). The van der Waals surface area contributed by atoms with E-state index in [2.05, 4.69) is 10.6 Å². The second-order valence-electron chi connectivity index (χ2n) is 6.79. The zero-order chi connectivity index (χ0) is 23.0. The third kappa shape index (κ3) is 6.60. The van der Waals surface area contributed by atoms with E-state index in [0.29, 0.717) is 18.7 Å². The maximum Gasteiger partial charge on any atom is 0.328 e. The molecule has 0 unspecified atom stereocenters. The lowest BCUT2D eigenvalue weighted by atomic mass is 10.1. The Hall–Kier alpha value is -2.78. The first kappa shape index (κ1) is 24.5. The summed E-state index contributed by atoms with van der Waals surface area (Å²) in [6.07, 6.45) is 1.55. The number of halogens is 1. The lowest BCUT2D eigenvalue weighted by Gasteiger charge is -2.18. The van der Waals surface area contributed by atoms with E-state index in [-0.39, 0.29) is 10.6 Å². The van der Waals surface area contributed by atoms with Crippen LogP contribution in [-0.2, 0) is 10.0 Å². The van der Waals surface area contributed by atoms with Crippen LogP contribution in [0, 0.1) is 0 Å². The first-order chi connectivity index (χ1) is 14.7. The van der Waals surface area contributed by atoms with Gasteiger partial charge in [-0.15, -0.1) is 0 Å². The number of unbranched alkanes of at least 4 members (excludes halogenated alkanes) is 1. The number of sulfonamides is 1. The highest BCUT2D eigenvalue weighted by atomic mass is 35.5. The molecule has 0 heterocycles. The van der Waals surface area contributed by atoms with Gasteiger partial charge in [0.05, 0.1) is 18.7 Å². The molecule has 2 aromatic carbocycles. The number of carbonyl (C=O) groups is 2. The summed E-state index contributed by atoms with van der Waals surface area (Å²) in [5, 5.41) is 5.33. The molecular weight excluding hydrogens is 442 g/mol. The monoisotopic (exact) mass is 467 g/mol. The molecule has 0 aliphatic carbocycles. The fraction of sp³-hybridized carbons (Fsp3) is 0.333. The van der Waals surface area contributed by atoms with Gasteiger partial charge in [-0.05, 0) is 37.6 Å². The van der Waals surface area contributed by atoms with Crippen LogP contribution in [0.3, 0.4) is 0 Å². The number of nitrogens with one attached hydrogen (secondary N) is 3. The molecule has 0 saturated heterocycles. The van der Waals surface area contributed by atoms with E-state index in [0.717, 1.165) is 18.1 Å². The Kier molecular flexibility index (Phi) is 8.70. The Balaban J connectivity index is 2.27. The number of urea groups is 1. The molecule has 2 aromatic rings. The summed E-state index contributed by atoms with van der Waals surface area (Å²) in [5.41, 5.74) is 0.588. The SMILES string of the molecule is CCCCNC(=O)NS(=O)(=O)c1cc(Cl)ccc1C(=O)N[C@@H](C)c1ccccc1OC. The molecule has 168 valence electrons. The molecule has 0 spiro atoms. The maximum atomic E-state index is 12.9. The van der Waals surface area contributed by atoms with Crippen LogP contribution in [0.2, 0.25) is 5.02 Å². The molecule has 0 aliphatic heterocycles. The van der Waals surface area contributed by atoms with E-state index in [1.165, 1.54) is 19.2 Å². The number of carbonyl (C=O) groups excluding carboxylic acids is 2. The van der Waals surface area contributed by atoms with Crippen molar-refractivity contribution in [3.8, 4) is 5.75 Å². The highest BCUT2D eigenvalue weighted by Gasteiger charge is 2.26. The molecule has 0 saturated carbocycles. The molecule has 1 atom stereocenters. The maximum absolute atomic E-state index is 12.9. The van der Waals surface area contributed by atoms with Gasteiger partial charge in [0, 0.05) is 17.1 Å². The number of benzene rings is 2. The zero-order valence-corrected chi connectivity index (χ0v) is 19.1. The van der Waals surface area contributed by atoms with Crippen LogP contribution in [-0.4, -0.2) is 34.0 Å². The first-order valence-electron chi connectivity index (χ1n) is 9.73. The van der Waals surface area contributed by atoms with Gasteiger partial charge in [-0.2, -0.15) is 0 Å². The van der Waals surface area contributed by atoms with Crippen molar-refractivity contribution in [2.45, 2.75) is 37.6 Å². The summed E-state index contributed by atoms with van der Waals surface area (Å²) in [5.74, 6) is -0.0495. The third-order valence-electron chi connectivity index (χ3n) is 4.47. The van der Waals surface area contributed by atoms with Crippen LogP contribution in [0.25, 0.3) is 0 Å². The first-order valence-corrected chi connectivity index (χ1v) is 11.6.